The molecule has 3 heterocycles. The summed E-state index contributed by atoms with van der Waals surface area (Å²) in [6.45, 7) is 4.26. The molecule has 0 bridgehead atoms. The van der Waals surface area contributed by atoms with Gasteiger partial charge in [0.2, 0.25) is 21.6 Å². The molecule has 3 aromatic rings. The van der Waals surface area contributed by atoms with E-state index >= 15 is 0 Å². The quantitative estimate of drug-likeness (QED) is 0.290. The third kappa shape index (κ3) is 6.59. The molecule has 0 unspecified atom stereocenters. The summed E-state index contributed by atoms with van der Waals surface area (Å²) >= 11 is 7.01. The smallest absolute Gasteiger partial charge is 0.261 e. The van der Waals surface area contributed by atoms with Crippen molar-refractivity contribution in [3.8, 4) is 11.3 Å². The number of nitrogens with one attached hydrogen (secondary N) is 2. The number of sulfonamides is 1. The maximum atomic E-state index is 13.8. The summed E-state index contributed by atoms with van der Waals surface area (Å²) in [4.78, 5) is 28.1. The van der Waals surface area contributed by atoms with E-state index in [-0.39, 0.29) is 17.5 Å². The molecule has 2 amide bonds. The van der Waals surface area contributed by atoms with Crippen molar-refractivity contribution in [2.24, 2.45) is 0 Å². The number of hydrogen-bond acceptors (Lipinski definition) is 7. The van der Waals surface area contributed by atoms with Gasteiger partial charge >= 0.3 is 0 Å². The molecule has 4 rings (SSSR count). The standard InChI is InChI=1S/C26H29ClN4O6S2/c1-3-18-19(21-8-4-5-12-31(21)34)7-6-9-23(18)39(35,36)29-20(26(33)30-13-14-37-16-17(30)2)15-28-25(32)22-10-11-24(27)38-22/h4-12,17,20,29H,3,13-16H2,1-2H3,(H,28,32)/t17-,20-/m0/s1. The monoisotopic (exact) mass is 592 g/mol. The topological polar surface area (TPSA) is 132 Å². The largest absolute Gasteiger partial charge is 0.618 e. The van der Waals surface area contributed by atoms with Crippen molar-refractivity contribution in [3.63, 3.8) is 0 Å². The maximum Gasteiger partial charge on any atom is 0.261 e. The average molecular weight is 593 g/mol. The molecule has 10 nitrogen and oxygen atoms in total. The summed E-state index contributed by atoms with van der Waals surface area (Å²) < 4.78 is 36.6. The van der Waals surface area contributed by atoms with Gasteiger partial charge in [-0.15, -0.1) is 11.3 Å². The number of hydrogen-bond donors (Lipinski definition) is 2. The highest BCUT2D eigenvalue weighted by Gasteiger charge is 2.34. The molecule has 13 heteroatoms. The second kappa shape index (κ2) is 12.4. The van der Waals surface area contributed by atoms with E-state index in [9.17, 15) is 23.2 Å². The normalized spacial score (nSPS) is 16.6. The zero-order valence-corrected chi connectivity index (χ0v) is 23.8. The number of carbonyl (C=O) groups is 2. The Morgan fingerprint density at radius 2 is 2.03 bits per heavy atom. The summed E-state index contributed by atoms with van der Waals surface area (Å²) in [6.07, 6.45) is 1.66. The van der Waals surface area contributed by atoms with Gasteiger partial charge in [-0.1, -0.05) is 24.6 Å². The van der Waals surface area contributed by atoms with Crippen LogP contribution in [0.5, 0.6) is 0 Å². The Labute approximate surface area is 236 Å². The van der Waals surface area contributed by atoms with Crippen molar-refractivity contribution in [2.45, 2.75) is 37.2 Å². The molecule has 1 fully saturated rings. The lowest BCUT2D eigenvalue weighted by Crippen LogP contribution is -2.58. The minimum atomic E-state index is -4.27. The second-order valence-electron chi connectivity index (χ2n) is 8.99. The molecule has 0 aliphatic carbocycles. The lowest BCUT2D eigenvalue weighted by Gasteiger charge is -2.36. The van der Waals surface area contributed by atoms with Crippen molar-refractivity contribution in [3.05, 3.63) is 74.7 Å². The number of ether oxygens (including phenoxy) is 1. The van der Waals surface area contributed by atoms with Gasteiger partial charge in [0.1, 0.15) is 6.04 Å². The molecular formula is C26H29ClN4O6S2. The fourth-order valence-electron chi connectivity index (χ4n) is 4.46. The summed E-state index contributed by atoms with van der Waals surface area (Å²) in [5.74, 6) is -0.951. The lowest BCUT2D eigenvalue weighted by molar-refractivity contribution is -0.593. The number of aromatic nitrogens is 1. The third-order valence-electron chi connectivity index (χ3n) is 6.39. The zero-order chi connectivity index (χ0) is 28.2. The Morgan fingerprint density at radius 1 is 1.23 bits per heavy atom. The molecule has 39 heavy (non-hydrogen) atoms. The van der Waals surface area contributed by atoms with Gasteiger partial charge in [0.25, 0.3) is 5.91 Å². The van der Waals surface area contributed by atoms with Gasteiger partial charge in [-0.3, -0.25) is 9.59 Å². The van der Waals surface area contributed by atoms with E-state index in [0.29, 0.717) is 56.9 Å². The molecule has 1 aliphatic heterocycles. The third-order valence-corrected chi connectivity index (χ3v) is 9.17. The number of carbonyl (C=O) groups excluding carboxylic acids is 2. The highest BCUT2D eigenvalue weighted by Crippen LogP contribution is 2.28. The molecule has 1 saturated heterocycles. The Kier molecular flexibility index (Phi) is 9.23. The fourth-order valence-corrected chi connectivity index (χ4v) is 6.94. The van der Waals surface area contributed by atoms with Crippen molar-refractivity contribution < 1.29 is 27.5 Å². The minimum Gasteiger partial charge on any atom is -0.618 e. The van der Waals surface area contributed by atoms with E-state index < -0.39 is 27.9 Å². The van der Waals surface area contributed by atoms with Gasteiger partial charge in [0.15, 0.2) is 6.20 Å². The molecular weight excluding hydrogens is 564 g/mol. The van der Waals surface area contributed by atoms with Crippen molar-refractivity contribution in [1.82, 2.24) is 14.9 Å². The van der Waals surface area contributed by atoms with Gasteiger partial charge in [0.05, 0.1) is 38.9 Å². The number of thiophene rings is 1. The predicted molar refractivity (Wildman–Crippen MR) is 148 cm³/mol. The zero-order valence-electron chi connectivity index (χ0n) is 21.4. The highest BCUT2D eigenvalue weighted by atomic mass is 35.5. The van der Waals surface area contributed by atoms with Crippen LogP contribution in [0.1, 0.15) is 29.1 Å². The van der Waals surface area contributed by atoms with E-state index in [1.807, 2.05) is 6.92 Å². The van der Waals surface area contributed by atoms with Crippen LogP contribution in [0.15, 0.2) is 59.6 Å². The molecule has 208 valence electrons. The van der Waals surface area contributed by atoms with E-state index in [0.717, 1.165) is 11.3 Å². The van der Waals surface area contributed by atoms with E-state index in [4.69, 9.17) is 16.3 Å². The SMILES string of the molecule is CCc1c(-c2cccc[n+]2[O-])cccc1S(=O)(=O)N[C@@H](CNC(=O)c1ccc(Cl)s1)C(=O)N1CCOC[C@@H]1C. The van der Waals surface area contributed by atoms with Crippen LogP contribution in [-0.2, 0) is 26.0 Å². The molecule has 2 atom stereocenters. The number of halogens is 1. The summed E-state index contributed by atoms with van der Waals surface area (Å²) in [5.41, 5.74) is 1.22. The summed E-state index contributed by atoms with van der Waals surface area (Å²) in [5, 5.41) is 15.1. The molecule has 1 aliphatic rings. The number of morpholine rings is 1. The van der Waals surface area contributed by atoms with Crippen LogP contribution in [0.4, 0.5) is 0 Å². The molecule has 0 spiro atoms. The molecule has 2 aromatic heterocycles. The number of rotatable bonds is 9. The van der Waals surface area contributed by atoms with Crippen molar-refractivity contribution >= 4 is 44.8 Å². The Bertz CT molecular complexity index is 1460. The van der Waals surface area contributed by atoms with Crippen LogP contribution in [0, 0.1) is 5.21 Å². The van der Waals surface area contributed by atoms with Gasteiger partial charge < -0.3 is 20.2 Å². The first-order valence-electron chi connectivity index (χ1n) is 12.4. The van der Waals surface area contributed by atoms with Crippen LogP contribution < -0.4 is 14.8 Å². The fraction of sp³-hybridized carbons (Fsp3) is 0.346. The van der Waals surface area contributed by atoms with Crippen molar-refractivity contribution in [1.29, 1.82) is 0 Å². The number of amides is 2. The Hall–Kier alpha value is -3.03. The van der Waals surface area contributed by atoms with Crippen molar-refractivity contribution in [2.75, 3.05) is 26.3 Å². The highest BCUT2D eigenvalue weighted by molar-refractivity contribution is 7.89. The number of nitrogens with zero attached hydrogens (tertiary/aromatic N) is 2. The Morgan fingerprint density at radius 3 is 2.69 bits per heavy atom. The maximum absolute atomic E-state index is 13.8. The molecule has 0 radical (unpaired) electrons. The average Bonchev–Trinajstić information content (AvgIpc) is 3.37. The van der Waals surface area contributed by atoms with Crippen LogP contribution >= 0.6 is 22.9 Å². The molecule has 1 aromatic carbocycles. The molecule has 0 saturated carbocycles. The van der Waals surface area contributed by atoms with Crippen LogP contribution in [0.25, 0.3) is 11.3 Å². The predicted octanol–water partition coefficient (Wildman–Crippen LogP) is 2.59. The van der Waals surface area contributed by atoms with Gasteiger partial charge in [0, 0.05) is 25.2 Å². The van der Waals surface area contributed by atoms with Gasteiger partial charge in [-0.05, 0) is 49.2 Å². The Balaban J connectivity index is 1.66. The van der Waals surface area contributed by atoms with Gasteiger partial charge in [-0.2, -0.15) is 9.45 Å². The lowest BCUT2D eigenvalue weighted by atomic mass is 10.0. The van der Waals surface area contributed by atoms with Gasteiger partial charge in [-0.25, -0.2) is 8.42 Å². The van der Waals surface area contributed by atoms with E-state index in [1.54, 1.807) is 54.3 Å². The number of benzene rings is 1. The number of pyridine rings is 1. The van der Waals surface area contributed by atoms with Crippen LogP contribution in [0.2, 0.25) is 4.34 Å². The van der Waals surface area contributed by atoms with E-state index in [2.05, 4.69) is 10.0 Å². The summed E-state index contributed by atoms with van der Waals surface area (Å²) in [7, 11) is -4.27. The second-order valence-corrected chi connectivity index (χ2v) is 12.4. The van der Waals surface area contributed by atoms with Crippen LogP contribution in [-0.4, -0.2) is 63.5 Å². The van der Waals surface area contributed by atoms with Crippen LogP contribution in [0.3, 0.4) is 0 Å². The first-order valence-corrected chi connectivity index (χ1v) is 15.0. The van der Waals surface area contributed by atoms with E-state index in [1.165, 1.54) is 12.3 Å². The minimum absolute atomic E-state index is 0.0458. The summed E-state index contributed by atoms with van der Waals surface area (Å²) in [6, 6.07) is 11.2. The first-order chi connectivity index (χ1) is 18.6. The first kappa shape index (κ1) is 29.0. The molecule has 2 N–H and O–H groups in total.